The van der Waals surface area contributed by atoms with Crippen molar-refractivity contribution in [1.82, 2.24) is 0 Å². The molecule has 0 radical (unpaired) electrons. The Balaban J connectivity index is 2.59. The molecule has 0 aromatic heterocycles. The first-order valence-corrected chi connectivity index (χ1v) is 5.74. The number of nitrogens with one attached hydrogen (secondary N) is 1. The highest BCUT2D eigenvalue weighted by Crippen LogP contribution is 2.26. The molecule has 0 saturated carbocycles. The molecule has 1 atom stereocenters. The van der Waals surface area contributed by atoms with Crippen molar-refractivity contribution in [2.24, 2.45) is 5.92 Å². The second kappa shape index (κ2) is 5.89. The van der Waals surface area contributed by atoms with Gasteiger partial charge in [0.15, 0.2) is 0 Å². The summed E-state index contributed by atoms with van der Waals surface area (Å²) in [5, 5.41) is 21.5. The van der Waals surface area contributed by atoms with E-state index in [1.807, 2.05) is 13.8 Å². The molecule has 0 fully saturated rings. The summed E-state index contributed by atoms with van der Waals surface area (Å²) in [6, 6.07) is 4.40. The lowest BCUT2D eigenvalue weighted by Crippen LogP contribution is -2.23. The molecule has 17 heavy (non-hydrogen) atoms. The van der Waals surface area contributed by atoms with Crippen LogP contribution in [0.5, 0.6) is 5.75 Å². The smallest absolute Gasteiger partial charge is 0.226 e. The summed E-state index contributed by atoms with van der Waals surface area (Å²) in [6.45, 7) is 3.69. The van der Waals surface area contributed by atoms with Crippen molar-refractivity contribution in [1.29, 1.82) is 0 Å². The number of benzene rings is 1. The minimum atomic E-state index is -0.664. The molecule has 0 bridgehead atoms. The Labute approximate surface area is 105 Å². The summed E-state index contributed by atoms with van der Waals surface area (Å²) < 4.78 is 0. The highest BCUT2D eigenvalue weighted by molar-refractivity contribution is 6.32. The van der Waals surface area contributed by atoms with Crippen molar-refractivity contribution >= 4 is 23.2 Å². The first-order valence-electron chi connectivity index (χ1n) is 5.36. The minimum absolute atomic E-state index is 0.0316. The van der Waals surface area contributed by atoms with Gasteiger partial charge in [0.2, 0.25) is 5.91 Å². The van der Waals surface area contributed by atoms with Gasteiger partial charge in [0.1, 0.15) is 5.75 Å². The fourth-order valence-corrected chi connectivity index (χ4v) is 1.40. The molecule has 0 aliphatic heterocycles. The van der Waals surface area contributed by atoms with Gasteiger partial charge in [-0.05, 0) is 24.1 Å². The number of aliphatic hydroxyl groups is 1. The number of rotatable bonds is 4. The minimum Gasteiger partial charge on any atom is -0.506 e. The molecule has 1 rings (SSSR count). The molecular weight excluding hydrogens is 242 g/mol. The van der Waals surface area contributed by atoms with E-state index in [1.54, 1.807) is 6.07 Å². The molecule has 0 saturated heterocycles. The van der Waals surface area contributed by atoms with Gasteiger partial charge in [-0.2, -0.15) is 0 Å². The Bertz CT molecular complexity index is 407. The number of aromatic hydroxyl groups is 1. The zero-order chi connectivity index (χ0) is 13.0. The summed E-state index contributed by atoms with van der Waals surface area (Å²) in [7, 11) is 0. The predicted molar refractivity (Wildman–Crippen MR) is 67.2 cm³/mol. The SMILES string of the molecule is CC(C)C(O)CC(=O)Nc1ccc(O)c(Cl)c1. The number of carbonyl (C=O) groups excluding carboxylic acids is 1. The van der Waals surface area contributed by atoms with E-state index in [4.69, 9.17) is 11.6 Å². The van der Waals surface area contributed by atoms with Crippen LogP contribution in [0.25, 0.3) is 0 Å². The van der Waals surface area contributed by atoms with E-state index in [9.17, 15) is 15.0 Å². The number of hydrogen-bond acceptors (Lipinski definition) is 3. The van der Waals surface area contributed by atoms with Gasteiger partial charge >= 0.3 is 0 Å². The quantitative estimate of drug-likeness (QED) is 0.726. The molecule has 94 valence electrons. The average molecular weight is 258 g/mol. The summed E-state index contributed by atoms with van der Waals surface area (Å²) in [5.74, 6) is -0.288. The van der Waals surface area contributed by atoms with Crippen LogP contribution in [-0.2, 0) is 4.79 Å². The Morgan fingerprint density at radius 3 is 2.65 bits per heavy atom. The number of carbonyl (C=O) groups is 1. The summed E-state index contributed by atoms with van der Waals surface area (Å²) in [6.07, 6.45) is -0.626. The van der Waals surface area contributed by atoms with Gasteiger partial charge in [-0.3, -0.25) is 4.79 Å². The standard InChI is InChI=1S/C12H16ClNO3/c1-7(2)11(16)6-12(17)14-8-3-4-10(15)9(13)5-8/h3-5,7,11,15-16H,6H2,1-2H3,(H,14,17). The van der Waals surface area contributed by atoms with Crippen LogP contribution >= 0.6 is 11.6 Å². The molecule has 5 heteroatoms. The van der Waals surface area contributed by atoms with Crippen LogP contribution in [0.4, 0.5) is 5.69 Å². The lowest BCUT2D eigenvalue weighted by atomic mass is 10.0. The van der Waals surface area contributed by atoms with Gasteiger partial charge in [0, 0.05) is 5.69 Å². The molecular formula is C12H16ClNO3. The number of halogens is 1. The van der Waals surface area contributed by atoms with Crippen molar-refractivity contribution in [3.05, 3.63) is 23.2 Å². The van der Waals surface area contributed by atoms with Crippen molar-refractivity contribution < 1.29 is 15.0 Å². The highest BCUT2D eigenvalue weighted by atomic mass is 35.5. The number of amides is 1. The summed E-state index contributed by atoms with van der Waals surface area (Å²) >= 11 is 5.70. The van der Waals surface area contributed by atoms with Crippen LogP contribution in [-0.4, -0.2) is 22.2 Å². The van der Waals surface area contributed by atoms with E-state index in [0.717, 1.165) is 0 Å². The number of aliphatic hydroxyl groups excluding tert-OH is 1. The van der Waals surface area contributed by atoms with E-state index < -0.39 is 6.10 Å². The molecule has 1 unspecified atom stereocenters. The maximum Gasteiger partial charge on any atom is 0.226 e. The number of phenolic OH excluding ortho intramolecular Hbond substituents is 1. The first-order chi connectivity index (χ1) is 7.90. The second-order valence-electron chi connectivity index (χ2n) is 4.23. The van der Waals surface area contributed by atoms with E-state index in [2.05, 4.69) is 5.32 Å². The lowest BCUT2D eigenvalue weighted by molar-refractivity contribution is -0.118. The number of anilines is 1. The van der Waals surface area contributed by atoms with Crippen LogP contribution in [0.1, 0.15) is 20.3 Å². The van der Waals surface area contributed by atoms with Gasteiger partial charge in [-0.1, -0.05) is 25.4 Å². The van der Waals surface area contributed by atoms with Crippen LogP contribution in [0, 0.1) is 5.92 Å². The van der Waals surface area contributed by atoms with Gasteiger partial charge < -0.3 is 15.5 Å². The number of hydrogen-bond donors (Lipinski definition) is 3. The fraction of sp³-hybridized carbons (Fsp3) is 0.417. The lowest BCUT2D eigenvalue weighted by Gasteiger charge is -2.14. The maximum atomic E-state index is 11.5. The fourth-order valence-electron chi connectivity index (χ4n) is 1.22. The molecule has 1 aromatic rings. The second-order valence-corrected chi connectivity index (χ2v) is 4.64. The third-order valence-corrected chi connectivity index (χ3v) is 2.70. The summed E-state index contributed by atoms with van der Waals surface area (Å²) in [4.78, 5) is 11.5. The number of phenols is 1. The van der Waals surface area contributed by atoms with E-state index in [1.165, 1.54) is 12.1 Å². The van der Waals surface area contributed by atoms with Crippen LogP contribution in [0.15, 0.2) is 18.2 Å². The molecule has 1 amide bonds. The third kappa shape index (κ3) is 4.24. The van der Waals surface area contributed by atoms with Gasteiger partial charge in [0.05, 0.1) is 17.5 Å². The zero-order valence-corrected chi connectivity index (χ0v) is 10.5. The Kier molecular flexibility index (Phi) is 4.78. The van der Waals surface area contributed by atoms with Crippen molar-refractivity contribution in [3.63, 3.8) is 0 Å². The van der Waals surface area contributed by atoms with Gasteiger partial charge in [-0.25, -0.2) is 0 Å². The molecule has 0 aliphatic rings. The van der Waals surface area contributed by atoms with Crippen molar-refractivity contribution in [2.45, 2.75) is 26.4 Å². The van der Waals surface area contributed by atoms with E-state index in [0.29, 0.717) is 5.69 Å². The third-order valence-electron chi connectivity index (χ3n) is 2.40. The molecule has 3 N–H and O–H groups in total. The Morgan fingerprint density at radius 2 is 2.12 bits per heavy atom. The first kappa shape index (κ1) is 13.8. The molecule has 4 nitrogen and oxygen atoms in total. The van der Waals surface area contributed by atoms with E-state index >= 15 is 0 Å². The monoisotopic (exact) mass is 257 g/mol. The van der Waals surface area contributed by atoms with Gasteiger partial charge in [0.25, 0.3) is 0 Å². The van der Waals surface area contributed by atoms with Crippen LogP contribution in [0.3, 0.4) is 0 Å². The Morgan fingerprint density at radius 1 is 1.47 bits per heavy atom. The topological polar surface area (TPSA) is 69.6 Å². The molecule has 0 heterocycles. The van der Waals surface area contributed by atoms with E-state index in [-0.39, 0.29) is 29.0 Å². The Hall–Kier alpha value is -1.26. The predicted octanol–water partition coefficient (Wildman–Crippen LogP) is 2.39. The zero-order valence-electron chi connectivity index (χ0n) is 9.77. The molecule has 0 aliphatic carbocycles. The van der Waals surface area contributed by atoms with Crippen LogP contribution < -0.4 is 5.32 Å². The van der Waals surface area contributed by atoms with Crippen molar-refractivity contribution in [2.75, 3.05) is 5.32 Å². The average Bonchev–Trinajstić information content (AvgIpc) is 2.23. The van der Waals surface area contributed by atoms with Crippen molar-refractivity contribution in [3.8, 4) is 5.75 Å². The largest absolute Gasteiger partial charge is 0.506 e. The van der Waals surface area contributed by atoms with Crippen LogP contribution in [0.2, 0.25) is 5.02 Å². The maximum absolute atomic E-state index is 11.5. The summed E-state index contributed by atoms with van der Waals surface area (Å²) in [5.41, 5.74) is 0.494. The molecule has 1 aromatic carbocycles. The van der Waals surface area contributed by atoms with Gasteiger partial charge in [-0.15, -0.1) is 0 Å². The normalized spacial score (nSPS) is 12.5. The highest BCUT2D eigenvalue weighted by Gasteiger charge is 2.14. The molecule has 0 spiro atoms.